The summed E-state index contributed by atoms with van der Waals surface area (Å²) in [5, 5.41) is 45.1. The molecular weight excluding hydrogens is 569 g/mol. The number of aromatic hydroxyl groups is 1. The van der Waals surface area contributed by atoms with Gasteiger partial charge in [0.15, 0.2) is 11.4 Å². The van der Waals surface area contributed by atoms with E-state index in [-0.39, 0.29) is 41.6 Å². The van der Waals surface area contributed by atoms with Crippen LogP contribution in [0.2, 0.25) is 0 Å². The number of likely N-dealkylation sites (N-methyl/N-ethyl adjacent to an activating group) is 1. The fourth-order valence-corrected chi connectivity index (χ4v) is 7.40. The van der Waals surface area contributed by atoms with Crippen molar-refractivity contribution in [2.24, 2.45) is 23.5 Å². The summed E-state index contributed by atoms with van der Waals surface area (Å²) in [5.74, 6) is -7.69. The van der Waals surface area contributed by atoms with Crippen LogP contribution >= 0.6 is 0 Å². The molecule has 232 valence electrons. The number of amides is 1. The highest BCUT2D eigenvalue weighted by molar-refractivity contribution is 6.24. The normalized spacial score (nSPS) is 26.6. The minimum atomic E-state index is -2.74. The van der Waals surface area contributed by atoms with Gasteiger partial charge in [-0.3, -0.25) is 24.2 Å². The lowest BCUT2D eigenvalue weighted by Crippen LogP contribution is -2.65. The molecule has 0 bridgehead atoms. The third-order valence-corrected chi connectivity index (χ3v) is 9.59. The monoisotopic (exact) mass is 605 g/mol. The molecule has 10 nitrogen and oxygen atoms in total. The fourth-order valence-electron chi connectivity index (χ4n) is 7.40. The first kappa shape index (κ1) is 30.0. The first-order chi connectivity index (χ1) is 20.8. The summed E-state index contributed by atoms with van der Waals surface area (Å²) in [6.45, 7) is 1.57. The molecule has 4 aliphatic rings. The minimum absolute atomic E-state index is 0.0386. The number of aliphatic hydroxyl groups is 3. The lowest BCUT2D eigenvalue weighted by Gasteiger charge is -2.50. The molecule has 2 aromatic rings. The van der Waals surface area contributed by atoms with Gasteiger partial charge in [0.25, 0.3) is 5.91 Å². The number of hydrogen-bond acceptors (Lipinski definition) is 9. The second-order valence-corrected chi connectivity index (χ2v) is 12.8. The Labute approximate surface area is 253 Å². The number of aliphatic hydroxyl groups excluding tert-OH is 2. The Hall–Kier alpha value is -4.06. The number of ketones is 2. The van der Waals surface area contributed by atoms with Gasteiger partial charge >= 0.3 is 0 Å². The Balaban J connectivity index is 1.41. The van der Waals surface area contributed by atoms with Crippen LogP contribution in [0.1, 0.15) is 41.5 Å². The first-order valence-corrected chi connectivity index (χ1v) is 14.8. The molecule has 11 heteroatoms. The van der Waals surface area contributed by atoms with E-state index in [9.17, 15) is 34.8 Å². The molecule has 0 saturated heterocycles. The molecule has 2 fully saturated rings. The van der Waals surface area contributed by atoms with Crippen LogP contribution in [0.25, 0.3) is 5.76 Å². The standard InChI is InChI=1S/C33H36FN3O7/c1-36(2)27-21-11-18-10-20-24(28(39)23(18)30(41)33(21,44)31(42)25(29(27)40)32(35)43)22(38)12-19(26(20)34)15-37(14-17-8-9-17)13-16-6-4-3-5-7-16/h3-7,12,17-18,21,27,38-39,42,44H,8-11,13-15H2,1-2H3,(H2,35,43)/t18-,21-,27-,33-/m0/s1. The van der Waals surface area contributed by atoms with E-state index in [2.05, 4.69) is 4.90 Å². The van der Waals surface area contributed by atoms with Gasteiger partial charge in [-0.1, -0.05) is 30.3 Å². The van der Waals surface area contributed by atoms with Crippen LogP contribution in [0.5, 0.6) is 5.75 Å². The summed E-state index contributed by atoms with van der Waals surface area (Å²) >= 11 is 0. The number of primary amides is 1. The second-order valence-electron chi connectivity index (χ2n) is 12.8. The van der Waals surface area contributed by atoms with Crippen molar-refractivity contribution in [2.45, 2.75) is 50.4 Å². The molecule has 4 atom stereocenters. The van der Waals surface area contributed by atoms with Crippen molar-refractivity contribution in [3.8, 4) is 5.75 Å². The van der Waals surface area contributed by atoms with Crippen LogP contribution in [0.15, 0.2) is 53.3 Å². The second kappa shape index (κ2) is 10.8. The number of hydrogen-bond donors (Lipinski definition) is 5. The van der Waals surface area contributed by atoms with Gasteiger partial charge in [0, 0.05) is 42.3 Å². The van der Waals surface area contributed by atoms with Gasteiger partial charge in [0.05, 0.1) is 11.6 Å². The maximum absolute atomic E-state index is 16.3. The largest absolute Gasteiger partial charge is 0.508 e. The van der Waals surface area contributed by atoms with Gasteiger partial charge < -0.3 is 26.2 Å². The summed E-state index contributed by atoms with van der Waals surface area (Å²) in [4.78, 5) is 42.9. The molecule has 0 spiro atoms. The van der Waals surface area contributed by atoms with E-state index in [1.807, 2.05) is 30.3 Å². The summed E-state index contributed by atoms with van der Waals surface area (Å²) in [6.07, 6.45) is 2.02. The van der Waals surface area contributed by atoms with Crippen LogP contribution in [-0.2, 0) is 33.9 Å². The smallest absolute Gasteiger partial charge is 0.255 e. The van der Waals surface area contributed by atoms with Crippen molar-refractivity contribution in [1.29, 1.82) is 0 Å². The van der Waals surface area contributed by atoms with Gasteiger partial charge in [-0.05, 0) is 63.2 Å². The zero-order valence-corrected chi connectivity index (χ0v) is 24.6. The van der Waals surface area contributed by atoms with Gasteiger partial charge in [-0.25, -0.2) is 4.39 Å². The topological polar surface area (TPSA) is 165 Å². The van der Waals surface area contributed by atoms with E-state index in [0.29, 0.717) is 12.5 Å². The number of fused-ring (bicyclic) bond motifs is 3. The Morgan fingerprint density at radius 3 is 2.39 bits per heavy atom. The SMILES string of the molecule is CN(C)[C@@H]1C(=O)C(C(N)=O)=C(O)[C@@]2(O)C(=O)C3=C(O)c4c(O)cc(CN(Cc5ccccc5)CC5CC5)c(F)c4C[C@H]3C[C@@H]12. The zero-order chi connectivity index (χ0) is 31.7. The highest BCUT2D eigenvalue weighted by Crippen LogP contribution is 2.53. The molecule has 2 aromatic carbocycles. The quantitative estimate of drug-likeness (QED) is 0.284. The van der Waals surface area contributed by atoms with Gasteiger partial charge in [-0.2, -0.15) is 0 Å². The van der Waals surface area contributed by atoms with Crippen molar-refractivity contribution < 1.29 is 39.2 Å². The average Bonchev–Trinajstić information content (AvgIpc) is 3.77. The Morgan fingerprint density at radius 2 is 1.77 bits per heavy atom. The van der Waals surface area contributed by atoms with E-state index in [1.54, 1.807) is 0 Å². The Morgan fingerprint density at radius 1 is 1.09 bits per heavy atom. The predicted octanol–water partition coefficient (Wildman–Crippen LogP) is 2.52. The molecular formula is C33H36FN3O7. The summed E-state index contributed by atoms with van der Waals surface area (Å²) in [6, 6.07) is 9.88. The number of carbonyl (C=O) groups excluding carboxylic acids is 3. The van der Waals surface area contributed by atoms with Crippen molar-refractivity contribution in [3.05, 3.63) is 81.4 Å². The van der Waals surface area contributed by atoms with E-state index in [4.69, 9.17) is 5.73 Å². The molecule has 0 aromatic heterocycles. The molecule has 0 aliphatic heterocycles. The molecule has 0 unspecified atom stereocenters. The average molecular weight is 606 g/mol. The number of halogens is 1. The number of rotatable bonds is 8. The summed E-state index contributed by atoms with van der Waals surface area (Å²) in [5.41, 5.74) is 2.55. The minimum Gasteiger partial charge on any atom is -0.508 e. The van der Waals surface area contributed by atoms with Crippen LogP contribution in [-0.4, -0.2) is 80.0 Å². The Bertz CT molecular complexity index is 1630. The highest BCUT2D eigenvalue weighted by Gasteiger charge is 2.64. The molecule has 0 heterocycles. The lowest BCUT2D eigenvalue weighted by atomic mass is 9.57. The van der Waals surface area contributed by atoms with Gasteiger partial charge in [0.2, 0.25) is 5.78 Å². The number of nitrogens with two attached hydrogens (primary N) is 1. The first-order valence-electron chi connectivity index (χ1n) is 14.8. The number of phenols is 1. The molecule has 4 aliphatic carbocycles. The molecule has 6 rings (SSSR count). The van der Waals surface area contributed by atoms with E-state index < -0.39 is 69.6 Å². The van der Waals surface area contributed by atoms with Gasteiger partial charge in [-0.15, -0.1) is 0 Å². The van der Waals surface area contributed by atoms with Crippen molar-refractivity contribution >= 4 is 23.2 Å². The van der Waals surface area contributed by atoms with Crippen molar-refractivity contribution in [3.63, 3.8) is 0 Å². The number of carbonyl (C=O) groups is 3. The number of nitrogens with zero attached hydrogens (tertiary/aromatic N) is 2. The van der Waals surface area contributed by atoms with Crippen molar-refractivity contribution in [2.75, 3.05) is 20.6 Å². The van der Waals surface area contributed by atoms with E-state index in [1.165, 1.54) is 25.1 Å². The fraction of sp³-hybridized carbons (Fsp3) is 0.424. The van der Waals surface area contributed by atoms with Crippen LogP contribution in [0.3, 0.4) is 0 Å². The summed E-state index contributed by atoms with van der Waals surface area (Å²) < 4.78 is 16.3. The third-order valence-electron chi connectivity index (χ3n) is 9.59. The number of phenolic OH excluding ortho intramolecular Hbond substituents is 1. The van der Waals surface area contributed by atoms with Crippen molar-refractivity contribution in [1.82, 2.24) is 9.80 Å². The van der Waals surface area contributed by atoms with Crippen LogP contribution in [0.4, 0.5) is 4.39 Å². The molecule has 44 heavy (non-hydrogen) atoms. The zero-order valence-electron chi connectivity index (χ0n) is 24.6. The van der Waals surface area contributed by atoms with E-state index >= 15 is 4.39 Å². The number of benzene rings is 2. The maximum atomic E-state index is 16.3. The van der Waals surface area contributed by atoms with Crippen LogP contribution in [0, 0.1) is 23.6 Å². The lowest BCUT2D eigenvalue weighted by molar-refractivity contribution is -0.153. The maximum Gasteiger partial charge on any atom is 0.255 e. The Kier molecular flexibility index (Phi) is 7.38. The van der Waals surface area contributed by atoms with Gasteiger partial charge in [0.1, 0.15) is 28.7 Å². The summed E-state index contributed by atoms with van der Waals surface area (Å²) in [7, 11) is 3.06. The van der Waals surface area contributed by atoms with Crippen LogP contribution < -0.4 is 5.73 Å². The highest BCUT2D eigenvalue weighted by atomic mass is 19.1. The predicted molar refractivity (Wildman–Crippen MR) is 157 cm³/mol. The van der Waals surface area contributed by atoms with E-state index in [0.717, 1.165) is 24.9 Å². The molecule has 2 saturated carbocycles. The molecule has 1 amide bonds. The molecule has 0 radical (unpaired) electrons. The molecule has 6 N–H and O–H groups in total. The number of Topliss-reactive ketones (excluding diaryl/α,β-unsaturated/α-hetero) is 2. The third kappa shape index (κ3) is 4.70.